The number of nitrogens with zero attached hydrogens (tertiary/aromatic N) is 1. The number of methoxy groups -OCH3 is 2. The number of nitrogens with one attached hydrogen (secondary N) is 2. The zero-order chi connectivity index (χ0) is 25.1. The molecule has 0 fully saturated rings. The summed E-state index contributed by atoms with van der Waals surface area (Å²) in [6.07, 6.45) is 2.42. The second-order valence-electron chi connectivity index (χ2n) is 8.56. The molecule has 0 aliphatic carbocycles. The van der Waals surface area contributed by atoms with Gasteiger partial charge in [0, 0.05) is 28.0 Å². The fraction of sp³-hybridized carbons (Fsp3) is 0.172. The maximum absolute atomic E-state index is 13.5. The molecule has 182 valence electrons. The van der Waals surface area contributed by atoms with Crippen LogP contribution in [0.15, 0.2) is 79.0 Å². The Balaban J connectivity index is 1.48. The highest BCUT2D eigenvalue weighted by atomic mass is 16.5. The fourth-order valence-corrected chi connectivity index (χ4v) is 4.50. The van der Waals surface area contributed by atoms with Crippen molar-refractivity contribution >= 4 is 27.7 Å². The van der Waals surface area contributed by atoms with E-state index in [9.17, 15) is 9.90 Å². The van der Waals surface area contributed by atoms with Crippen molar-refractivity contribution in [2.75, 3.05) is 20.8 Å². The molecule has 2 heterocycles. The maximum atomic E-state index is 13.5. The molecule has 0 aliphatic heterocycles. The molecule has 5 rings (SSSR count). The SMILES string of the molecule is COc1ccc(-c2cc(C(=O)N[C@@H](CO)Cc3c[nH]c4ccccc34)c3ccccc3n2)cc1OC. The first-order valence-corrected chi connectivity index (χ1v) is 11.7. The van der Waals surface area contributed by atoms with Gasteiger partial charge in [-0.05, 0) is 48.4 Å². The predicted octanol–water partition coefficient (Wildman–Crippen LogP) is 4.73. The van der Waals surface area contributed by atoms with Crippen LogP contribution in [0.5, 0.6) is 11.5 Å². The largest absolute Gasteiger partial charge is 0.493 e. The topological polar surface area (TPSA) is 96.5 Å². The van der Waals surface area contributed by atoms with Crippen molar-refractivity contribution in [3.63, 3.8) is 0 Å². The third kappa shape index (κ3) is 4.48. The van der Waals surface area contributed by atoms with Gasteiger partial charge >= 0.3 is 0 Å². The van der Waals surface area contributed by atoms with Crippen molar-refractivity contribution in [3.8, 4) is 22.8 Å². The second kappa shape index (κ2) is 10.1. The number of hydrogen-bond donors (Lipinski definition) is 3. The minimum absolute atomic E-state index is 0.184. The first kappa shape index (κ1) is 23.4. The molecule has 1 atom stereocenters. The second-order valence-corrected chi connectivity index (χ2v) is 8.56. The predicted molar refractivity (Wildman–Crippen MR) is 141 cm³/mol. The summed E-state index contributed by atoms with van der Waals surface area (Å²) in [6, 6.07) is 22.4. The van der Waals surface area contributed by atoms with Gasteiger partial charge in [0.15, 0.2) is 11.5 Å². The Morgan fingerprint density at radius 2 is 1.72 bits per heavy atom. The molecule has 1 amide bonds. The summed E-state index contributed by atoms with van der Waals surface area (Å²) in [6.45, 7) is -0.184. The van der Waals surface area contributed by atoms with E-state index in [4.69, 9.17) is 14.5 Å². The highest BCUT2D eigenvalue weighted by molar-refractivity contribution is 6.07. The molecular weight excluding hydrogens is 454 g/mol. The first-order valence-electron chi connectivity index (χ1n) is 11.7. The van der Waals surface area contributed by atoms with Crippen LogP contribution in [0.25, 0.3) is 33.1 Å². The van der Waals surface area contributed by atoms with Gasteiger partial charge in [-0.25, -0.2) is 4.98 Å². The van der Waals surface area contributed by atoms with Crippen LogP contribution in [-0.4, -0.2) is 47.8 Å². The smallest absolute Gasteiger partial charge is 0.252 e. The van der Waals surface area contributed by atoms with Crippen LogP contribution in [0.3, 0.4) is 0 Å². The van der Waals surface area contributed by atoms with Crippen LogP contribution < -0.4 is 14.8 Å². The molecule has 0 spiro atoms. The molecule has 7 heteroatoms. The third-order valence-corrected chi connectivity index (χ3v) is 6.34. The van der Waals surface area contributed by atoms with Gasteiger partial charge in [-0.3, -0.25) is 4.79 Å². The van der Waals surface area contributed by atoms with E-state index in [0.717, 1.165) is 27.4 Å². The number of aliphatic hydroxyl groups is 1. The molecule has 36 heavy (non-hydrogen) atoms. The zero-order valence-electron chi connectivity index (χ0n) is 20.1. The maximum Gasteiger partial charge on any atom is 0.252 e. The number of amides is 1. The number of H-pyrrole nitrogens is 1. The van der Waals surface area contributed by atoms with Crippen LogP contribution in [-0.2, 0) is 6.42 Å². The summed E-state index contributed by atoms with van der Waals surface area (Å²) in [5.74, 6) is 0.923. The van der Waals surface area contributed by atoms with Crippen LogP contribution >= 0.6 is 0 Å². The number of benzene rings is 3. The molecule has 0 aliphatic rings. The number of ether oxygens (including phenoxy) is 2. The molecule has 3 N–H and O–H groups in total. The summed E-state index contributed by atoms with van der Waals surface area (Å²) in [5.41, 5.74) is 4.68. The Labute approximate surface area is 208 Å². The molecular formula is C29H27N3O4. The zero-order valence-corrected chi connectivity index (χ0v) is 20.1. The van der Waals surface area contributed by atoms with Crippen molar-refractivity contribution in [3.05, 3.63) is 90.1 Å². The van der Waals surface area contributed by atoms with Crippen molar-refractivity contribution < 1.29 is 19.4 Å². The highest BCUT2D eigenvalue weighted by Crippen LogP contribution is 2.33. The van der Waals surface area contributed by atoms with E-state index >= 15 is 0 Å². The number of carbonyl (C=O) groups is 1. The third-order valence-electron chi connectivity index (χ3n) is 6.34. The van der Waals surface area contributed by atoms with E-state index in [0.29, 0.717) is 34.7 Å². The molecule has 0 saturated carbocycles. The number of aromatic nitrogens is 2. The summed E-state index contributed by atoms with van der Waals surface area (Å²) < 4.78 is 10.8. The number of fused-ring (bicyclic) bond motifs is 2. The summed E-state index contributed by atoms with van der Waals surface area (Å²) in [5, 5.41) is 14.9. The number of aromatic amines is 1. The first-order chi connectivity index (χ1) is 17.6. The Morgan fingerprint density at radius 1 is 0.972 bits per heavy atom. The fourth-order valence-electron chi connectivity index (χ4n) is 4.50. The molecule has 0 unspecified atom stereocenters. The molecule has 0 radical (unpaired) electrons. The molecule has 2 aromatic heterocycles. The monoisotopic (exact) mass is 481 g/mol. The van der Waals surface area contributed by atoms with Gasteiger partial charge in [-0.1, -0.05) is 36.4 Å². The van der Waals surface area contributed by atoms with Crippen LogP contribution in [0.1, 0.15) is 15.9 Å². The standard InChI is InChI=1S/C29H27N3O4/c1-35-27-12-11-18(14-28(27)36-2)26-15-23(22-8-4-6-10-25(22)32-26)29(34)31-20(17-33)13-19-16-30-24-9-5-3-7-21(19)24/h3-12,14-16,20,30,33H,13,17H2,1-2H3,(H,31,34)/t20-/m1/s1. The summed E-state index contributed by atoms with van der Waals surface area (Å²) in [7, 11) is 3.17. The average Bonchev–Trinajstić information content (AvgIpc) is 3.34. The molecule has 7 nitrogen and oxygen atoms in total. The van der Waals surface area contributed by atoms with Gasteiger partial charge in [0.2, 0.25) is 0 Å². The lowest BCUT2D eigenvalue weighted by Crippen LogP contribution is -2.39. The Bertz CT molecular complexity index is 1540. The number of para-hydroxylation sites is 2. The number of rotatable bonds is 8. The van der Waals surface area contributed by atoms with E-state index in [1.54, 1.807) is 20.3 Å². The molecule has 5 aromatic rings. The van der Waals surface area contributed by atoms with Crippen molar-refractivity contribution in [2.45, 2.75) is 12.5 Å². The van der Waals surface area contributed by atoms with Gasteiger partial charge in [-0.2, -0.15) is 0 Å². The Morgan fingerprint density at radius 3 is 2.50 bits per heavy atom. The van der Waals surface area contributed by atoms with Crippen LogP contribution in [0, 0.1) is 0 Å². The quantitative estimate of drug-likeness (QED) is 0.298. The van der Waals surface area contributed by atoms with Gasteiger partial charge in [0.1, 0.15) is 0 Å². The lowest BCUT2D eigenvalue weighted by Gasteiger charge is -2.18. The van der Waals surface area contributed by atoms with Gasteiger partial charge in [0.25, 0.3) is 5.91 Å². The lowest BCUT2D eigenvalue weighted by molar-refractivity contribution is 0.0918. The number of carbonyl (C=O) groups excluding carboxylic acids is 1. The van der Waals surface area contributed by atoms with E-state index in [-0.39, 0.29) is 12.5 Å². The number of hydrogen-bond acceptors (Lipinski definition) is 5. The van der Waals surface area contributed by atoms with Crippen LogP contribution in [0.2, 0.25) is 0 Å². The highest BCUT2D eigenvalue weighted by Gasteiger charge is 2.19. The van der Waals surface area contributed by atoms with Crippen molar-refractivity contribution in [2.24, 2.45) is 0 Å². The normalized spacial score (nSPS) is 12.0. The van der Waals surface area contributed by atoms with Crippen LogP contribution in [0.4, 0.5) is 0 Å². The number of aliphatic hydroxyl groups excluding tert-OH is 1. The van der Waals surface area contributed by atoms with Gasteiger partial charge < -0.3 is 24.9 Å². The summed E-state index contributed by atoms with van der Waals surface area (Å²) in [4.78, 5) is 21.6. The molecule has 3 aromatic carbocycles. The van der Waals surface area contributed by atoms with E-state index < -0.39 is 6.04 Å². The van der Waals surface area contributed by atoms with Crippen molar-refractivity contribution in [1.29, 1.82) is 0 Å². The van der Waals surface area contributed by atoms with Gasteiger partial charge in [-0.15, -0.1) is 0 Å². The average molecular weight is 482 g/mol. The van der Waals surface area contributed by atoms with E-state index in [1.165, 1.54) is 0 Å². The Kier molecular flexibility index (Phi) is 6.56. The molecule has 0 bridgehead atoms. The summed E-state index contributed by atoms with van der Waals surface area (Å²) >= 11 is 0. The van der Waals surface area contributed by atoms with E-state index in [1.807, 2.05) is 72.9 Å². The molecule has 0 saturated heterocycles. The van der Waals surface area contributed by atoms with E-state index in [2.05, 4.69) is 10.3 Å². The van der Waals surface area contributed by atoms with Crippen molar-refractivity contribution in [1.82, 2.24) is 15.3 Å². The van der Waals surface area contributed by atoms with Gasteiger partial charge in [0.05, 0.1) is 43.6 Å². The minimum Gasteiger partial charge on any atom is -0.493 e. The lowest BCUT2D eigenvalue weighted by atomic mass is 10.0. The number of pyridine rings is 1. The minimum atomic E-state index is -0.451. The Hall–Kier alpha value is -4.36.